The summed E-state index contributed by atoms with van der Waals surface area (Å²) >= 11 is 0. The van der Waals surface area contributed by atoms with E-state index in [1.165, 1.54) is 12.8 Å². The Morgan fingerprint density at radius 1 is 1.14 bits per heavy atom. The van der Waals surface area contributed by atoms with Gasteiger partial charge in [0.25, 0.3) is 0 Å². The fourth-order valence-electron chi connectivity index (χ4n) is 2.20. The van der Waals surface area contributed by atoms with Crippen LogP contribution in [-0.4, -0.2) is 35.2 Å². The summed E-state index contributed by atoms with van der Waals surface area (Å²) in [6, 6.07) is 9.30. The van der Waals surface area contributed by atoms with Crippen LogP contribution in [0.5, 0.6) is 5.88 Å². The summed E-state index contributed by atoms with van der Waals surface area (Å²) in [7, 11) is 1.60. The van der Waals surface area contributed by atoms with E-state index in [2.05, 4.69) is 20.3 Å². The molecular formula is C15H17N5O. The van der Waals surface area contributed by atoms with Crippen molar-refractivity contribution in [3.8, 4) is 17.3 Å². The highest BCUT2D eigenvalue weighted by molar-refractivity contribution is 5.59. The predicted octanol–water partition coefficient (Wildman–Crippen LogP) is 3.25. The van der Waals surface area contributed by atoms with Crippen LogP contribution in [0.15, 0.2) is 46.9 Å². The van der Waals surface area contributed by atoms with E-state index in [1.54, 1.807) is 19.4 Å². The standard InChI is InChI=1S/C15H17N5O/c1-21-15-6-4-5-13(17-15)14-11-12(7-8-16-14)18-19-20-9-2-3-10-20/h4-8,11H,2-3,9-10H2,1H3. The molecule has 0 spiro atoms. The molecule has 0 saturated carbocycles. The Kier molecular flexibility index (Phi) is 4.04. The summed E-state index contributed by atoms with van der Waals surface area (Å²) in [5.41, 5.74) is 2.29. The zero-order valence-electron chi connectivity index (χ0n) is 11.9. The number of methoxy groups -OCH3 is 1. The van der Waals surface area contributed by atoms with E-state index in [4.69, 9.17) is 4.74 Å². The van der Waals surface area contributed by atoms with E-state index in [-0.39, 0.29) is 0 Å². The molecule has 1 saturated heterocycles. The smallest absolute Gasteiger partial charge is 0.213 e. The average molecular weight is 283 g/mol. The quantitative estimate of drug-likeness (QED) is 0.808. The number of hydrogen-bond donors (Lipinski definition) is 0. The van der Waals surface area contributed by atoms with Crippen molar-refractivity contribution in [1.82, 2.24) is 15.0 Å². The first-order chi connectivity index (χ1) is 10.3. The second-order valence-corrected chi connectivity index (χ2v) is 4.81. The monoisotopic (exact) mass is 283 g/mol. The Labute approximate surface area is 123 Å². The van der Waals surface area contributed by atoms with Crippen LogP contribution in [0.25, 0.3) is 11.4 Å². The van der Waals surface area contributed by atoms with Gasteiger partial charge in [0.2, 0.25) is 5.88 Å². The third-order valence-electron chi connectivity index (χ3n) is 3.31. The van der Waals surface area contributed by atoms with Crippen LogP contribution in [0.3, 0.4) is 0 Å². The number of nitrogens with zero attached hydrogens (tertiary/aromatic N) is 5. The molecule has 0 radical (unpaired) electrons. The number of rotatable bonds is 4. The summed E-state index contributed by atoms with van der Waals surface area (Å²) in [6.45, 7) is 1.97. The van der Waals surface area contributed by atoms with Gasteiger partial charge in [-0.15, -0.1) is 5.11 Å². The number of pyridine rings is 2. The highest BCUT2D eigenvalue weighted by atomic mass is 16.5. The van der Waals surface area contributed by atoms with Gasteiger partial charge in [0.05, 0.1) is 24.2 Å². The van der Waals surface area contributed by atoms with E-state index >= 15 is 0 Å². The highest BCUT2D eigenvalue weighted by Gasteiger charge is 2.09. The van der Waals surface area contributed by atoms with Crippen LogP contribution < -0.4 is 4.74 Å². The molecule has 21 heavy (non-hydrogen) atoms. The van der Waals surface area contributed by atoms with Gasteiger partial charge in [-0.3, -0.25) is 9.99 Å². The molecule has 2 aromatic rings. The van der Waals surface area contributed by atoms with Gasteiger partial charge in [-0.05, 0) is 31.0 Å². The minimum Gasteiger partial charge on any atom is -0.481 e. The Morgan fingerprint density at radius 3 is 2.81 bits per heavy atom. The van der Waals surface area contributed by atoms with Crippen molar-refractivity contribution < 1.29 is 4.74 Å². The topological polar surface area (TPSA) is 63.0 Å². The SMILES string of the molecule is COc1cccc(-c2cc(N=NN3CCCC3)ccn2)n1. The van der Waals surface area contributed by atoms with Gasteiger partial charge in [0.15, 0.2) is 0 Å². The van der Waals surface area contributed by atoms with Crippen LogP contribution in [0, 0.1) is 0 Å². The molecule has 0 unspecified atom stereocenters. The normalized spacial score (nSPS) is 14.8. The lowest BCUT2D eigenvalue weighted by Crippen LogP contribution is -2.09. The zero-order valence-corrected chi connectivity index (χ0v) is 11.9. The minimum absolute atomic E-state index is 0.568. The van der Waals surface area contributed by atoms with E-state index in [0.717, 1.165) is 30.2 Å². The number of hydrogen-bond acceptors (Lipinski definition) is 5. The lowest BCUT2D eigenvalue weighted by Gasteiger charge is -2.07. The second-order valence-electron chi connectivity index (χ2n) is 4.81. The molecule has 6 nitrogen and oxygen atoms in total. The third kappa shape index (κ3) is 3.34. The van der Waals surface area contributed by atoms with Gasteiger partial charge in [-0.25, -0.2) is 4.98 Å². The van der Waals surface area contributed by atoms with Crippen molar-refractivity contribution >= 4 is 5.69 Å². The first-order valence-electron chi connectivity index (χ1n) is 6.99. The third-order valence-corrected chi connectivity index (χ3v) is 3.31. The molecule has 2 aromatic heterocycles. The fourth-order valence-corrected chi connectivity index (χ4v) is 2.20. The maximum atomic E-state index is 5.13. The molecule has 6 heteroatoms. The molecule has 1 aliphatic heterocycles. The Hall–Kier alpha value is -2.50. The van der Waals surface area contributed by atoms with Crippen LogP contribution in [0.1, 0.15) is 12.8 Å². The number of ether oxygens (including phenoxy) is 1. The van der Waals surface area contributed by atoms with Crippen molar-refractivity contribution in [3.05, 3.63) is 36.5 Å². The molecule has 1 fully saturated rings. The molecule has 108 valence electrons. The van der Waals surface area contributed by atoms with Gasteiger partial charge in [-0.1, -0.05) is 11.3 Å². The first-order valence-corrected chi connectivity index (χ1v) is 6.99. The van der Waals surface area contributed by atoms with Crippen LogP contribution in [0.2, 0.25) is 0 Å². The van der Waals surface area contributed by atoms with Gasteiger partial charge in [0.1, 0.15) is 0 Å². The lowest BCUT2D eigenvalue weighted by molar-refractivity contribution is 0.336. The molecule has 0 aromatic carbocycles. The first kappa shape index (κ1) is 13.5. The largest absolute Gasteiger partial charge is 0.481 e. The molecular weight excluding hydrogens is 266 g/mol. The Balaban J connectivity index is 1.81. The number of aromatic nitrogens is 2. The van der Waals surface area contributed by atoms with Crippen molar-refractivity contribution in [1.29, 1.82) is 0 Å². The lowest BCUT2D eigenvalue weighted by atomic mass is 10.2. The summed E-state index contributed by atoms with van der Waals surface area (Å²) in [6.07, 6.45) is 4.09. The molecule has 0 atom stereocenters. The highest BCUT2D eigenvalue weighted by Crippen LogP contribution is 2.22. The van der Waals surface area contributed by atoms with Crippen LogP contribution in [-0.2, 0) is 0 Å². The van der Waals surface area contributed by atoms with E-state index in [9.17, 15) is 0 Å². The van der Waals surface area contributed by atoms with Crippen molar-refractivity contribution in [2.45, 2.75) is 12.8 Å². The van der Waals surface area contributed by atoms with Crippen molar-refractivity contribution in [3.63, 3.8) is 0 Å². The zero-order chi connectivity index (χ0) is 14.5. The van der Waals surface area contributed by atoms with E-state index < -0.39 is 0 Å². The summed E-state index contributed by atoms with van der Waals surface area (Å²) < 4.78 is 5.13. The summed E-state index contributed by atoms with van der Waals surface area (Å²) in [4.78, 5) is 8.70. The Morgan fingerprint density at radius 2 is 2.00 bits per heavy atom. The van der Waals surface area contributed by atoms with Gasteiger partial charge in [-0.2, -0.15) is 0 Å². The molecule has 1 aliphatic rings. The van der Waals surface area contributed by atoms with Gasteiger partial charge >= 0.3 is 0 Å². The molecule has 0 amide bonds. The van der Waals surface area contributed by atoms with E-state index in [0.29, 0.717) is 5.88 Å². The van der Waals surface area contributed by atoms with Gasteiger partial charge in [0, 0.05) is 25.4 Å². The van der Waals surface area contributed by atoms with Crippen LogP contribution >= 0.6 is 0 Å². The summed E-state index contributed by atoms with van der Waals surface area (Å²) in [5, 5.41) is 10.5. The average Bonchev–Trinajstić information content (AvgIpc) is 3.07. The fraction of sp³-hybridized carbons (Fsp3) is 0.333. The molecule has 3 rings (SSSR count). The maximum Gasteiger partial charge on any atom is 0.213 e. The molecule has 0 aliphatic carbocycles. The minimum atomic E-state index is 0.568. The van der Waals surface area contributed by atoms with Gasteiger partial charge < -0.3 is 4.74 Å². The second kappa shape index (κ2) is 6.30. The molecule has 0 N–H and O–H groups in total. The summed E-state index contributed by atoms with van der Waals surface area (Å²) in [5.74, 6) is 0.568. The molecule has 0 bridgehead atoms. The molecule has 3 heterocycles. The van der Waals surface area contributed by atoms with Crippen molar-refractivity contribution in [2.75, 3.05) is 20.2 Å². The van der Waals surface area contributed by atoms with Crippen molar-refractivity contribution in [2.24, 2.45) is 10.3 Å². The predicted molar refractivity (Wildman–Crippen MR) is 79.3 cm³/mol. The maximum absolute atomic E-state index is 5.13. The Bertz CT molecular complexity index is 637. The van der Waals surface area contributed by atoms with Crippen LogP contribution in [0.4, 0.5) is 5.69 Å². The van der Waals surface area contributed by atoms with E-state index in [1.807, 2.05) is 29.3 Å².